The molecule has 0 N–H and O–H groups in total. The van der Waals surface area contributed by atoms with Gasteiger partial charge in [-0.15, -0.1) is 0 Å². The molecule has 1 aliphatic carbocycles. The smallest absolute Gasteiger partial charge is 0.410 e. The Balaban J connectivity index is 1.81. The predicted molar refractivity (Wildman–Crippen MR) is 159 cm³/mol. The maximum Gasteiger partial charge on any atom is 0.410 e. The quantitative estimate of drug-likeness (QED) is 0.225. The van der Waals surface area contributed by atoms with Crippen molar-refractivity contribution in [1.82, 2.24) is 9.80 Å². The van der Waals surface area contributed by atoms with Gasteiger partial charge in [0.2, 0.25) is 0 Å². The normalized spacial score (nSPS) is 17.4. The van der Waals surface area contributed by atoms with Crippen molar-refractivity contribution in [2.45, 2.75) is 64.3 Å². The minimum absolute atomic E-state index is 0.0163. The van der Waals surface area contributed by atoms with Crippen molar-refractivity contribution in [2.24, 2.45) is 0 Å². The highest BCUT2D eigenvalue weighted by molar-refractivity contribution is 6.42. The summed E-state index contributed by atoms with van der Waals surface area (Å²) in [6.07, 6.45) is 1.73. The zero-order valence-corrected chi connectivity index (χ0v) is 25.8. The number of benzene rings is 2. The number of hydrogen-bond donors (Lipinski definition) is 0. The molecule has 1 heterocycles. The van der Waals surface area contributed by atoms with Crippen molar-refractivity contribution >= 4 is 40.8 Å². The molecule has 0 bridgehead atoms. The van der Waals surface area contributed by atoms with Crippen LogP contribution < -0.4 is 4.74 Å². The molecule has 0 radical (unpaired) electrons. The van der Waals surface area contributed by atoms with E-state index in [1.165, 1.54) is 7.11 Å². The molecule has 10 heteroatoms. The van der Waals surface area contributed by atoms with Gasteiger partial charge in [-0.3, -0.25) is 9.69 Å². The Morgan fingerprint density at radius 2 is 1.76 bits per heavy atom. The molecule has 1 fully saturated rings. The van der Waals surface area contributed by atoms with E-state index in [1.807, 2.05) is 62.1 Å². The first kappa shape index (κ1) is 31.2. The molecular formula is C31H38Cl2N2O6. The summed E-state index contributed by atoms with van der Waals surface area (Å²) in [4.78, 5) is 31.6. The van der Waals surface area contributed by atoms with Crippen molar-refractivity contribution in [3.05, 3.63) is 69.2 Å². The van der Waals surface area contributed by atoms with Crippen molar-refractivity contribution < 1.29 is 28.5 Å². The van der Waals surface area contributed by atoms with E-state index in [0.29, 0.717) is 40.9 Å². The van der Waals surface area contributed by atoms with Crippen LogP contribution in [0, 0.1) is 0 Å². The van der Waals surface area contributed by atoms with Crippen LogP contribution in [0.2, 0.25) is 10.0 Å². The molecule has 8 nitrogen and oxygen atoms in total. The molecule has 4 rings (SSSR count). The fourth-order valence-electron chi connectivity index (χ4n) is 4.96. The lowest BCUT2D eigenvalue weighted by molar-refractivity contribution is -0.129. The minimum Gasteiger partial charge on any atom is -0.497 e. The van der Waals surface area contributed by atoms with E-state index in [2.05, 4.69) is 0 Å². The van der Waals surface area contributed by atoms with Gasteiger partial charge in [0.25, 0.3) is 5.91 Å². The van der Waals surface area contributed by atoms with E-state index < -0.39 is 17.7 Å². The molecule has 1 saturated carbocycles. The van der Waals surface area contributed by atoms with Crippen LogP contribution in [0.4, 0.5) is 4.79 Å². The molecule has 1 atom stereocenters. The first-order valence-corrected chi connectivity index (χ1v) is 14.5. The van der Waals surface area contributed by atoms with Crippen LogP contribution >= 0.6 is 23.2 Å². The maximum atomic E-state index is 14.7. The van der Waals surface area contributed by atoms with Gasteiger partial charge in [-0.25, -0.2) is 4.79 Å². The van der Waals surface area contributed by atoms with Gasteiger partial charge >= 0.3 is 6.09 Å². The second-order valence-corrected chi connectivity index (χ2v) is 12.0. The zero-order valence-electron chi connectivity index (χ0n) is 24.2. The van der Waals surface area contributed by atoms with Crippen LogP contribution in [0.15, 0.2) is 48.0 Å². The molecule has 2 aliphatic rings. The molecule has 0 aromatic heterocycles. The Labute approximate surface area is 252 Å². The van der Waals surface area contributed by atoms with E-state index in [0.717, 1.165) is 29.5 Å². The fourth-order valence-corrected chi connectivity index (χ4v) is 5.34. The third kappa shape index (κ3) is 7.74. The molecule has 2 aromatic rings. The highest BCUT2D eigenvalue weighted by Gasteiger charge is 2.43. The number of nitrogens with zero attached hydrogens (tertiary/aromatic N) is 2. The Bertz CT molecular complexity index is 1270. The summed E-state index contributed by atoms with van der Waals surface area (Å²) in [5.41, 5.74) is 2.28. The number of ether oxygens (including phenoxy) is 4. The van der Waals surface area contributed by atoms with Crippen LogP contribution in [-0.4, -0.2) is 73.6 Å². The van der Waals surface area contributed by atoms with Crippen LogP contribution in [0.5, 0.6) is 5.75 Å². The van der Waals surface area contributed by atoms with Gasteiger partial charge in [0.15, 0.2) is 0 Å². The summed E-state index contributed by atoms with van der Waals surface area (Å²) >= 11 is 12.9. The largest absolute Gasteiger partial charge is 0.497 e. The van der Waals surface area contributed by atoms with Gasteiger partial charge in [-0.1, -0.05) is 47.5 Å². The summed E-state index contributed by atoms with van der Waals surface area (Å²) < 4.78 is 22.1. The van der Waals surface area contributed by atoms with Gasteiger partial charge in [0.05, 0.1) is 29.8 Å². The first-order chi connectivity index (χ1) is 19.5. The first-order valence-electron chi connectivity index (χ1n) is 13.7. The Morgan fingerprint density at radius 3 is 2.37 bits per heavy atom. The molecule has 2 amide bonds. The average Bonchev–Trinajstić information content (AvgIpc) is 3.78. The Kier molecular flexibility index (Phi) is 10.2. The number of hydrogen-bond acceptors (Lipinski definition) is 6. The predicted octanol–water partition coefficient (Wildman–Crippen LogP) is 6.58. The Morgan fingerprint density at radius 1 is 1.05 bits per heavy atom. The van der Waals surface area contributed by atoms with Gasteiger partial charge in [-0.05, 0) is 74.9 Å². The molecule has 41 heavy (non-hydrogen) atoms. The third-order valence-electron chi connectivity index (χ3n) is 7.03. The van der Waals surface area contributed by atoms with Gasteiger partial charge < -0.3 is 23.8 Å². The topological polar surface area (TPSA) is 77.5 Å². The molecule has 2 aromatic carbocycles. The second kappa shape index (κ2) is 13.5. The lowest BCUT2D eigenvalue weighted by atomic mass is 9.87. The summed E-state index contributed by atoms with van der Waals surface area (Å²) in [5.74, 6) is 0.539. The summed E-state index contributed by atoms with van der Waals surface area (Å²) in [7, 11) is 3.14. The van der Waals surface area contributed by atoms with Crippen LogP contribution in [0.3, 0.4) is 0 Å². The number of halogens is 2. The van der Waals surface area contributed by atoms with Crippen molar-refractivity contribution in [2.75, 3.05) is 34.2 Å². The number of methoxy groups -OCH3 is 2. The molecule has 1 aliphatic heterocycles. The summed E-state index contributed by atoms with van der Waals surface area (Å²) in [6, 6.07) is 12.4. The van der Waals surface area contributed by atoms with E-state index in [4.69, 9.17) is 42.1 Å². The Hall–Kier alpha value is -2.78. The fraction of sp³-hybridized carbons (Fsp3) is 0.484. The van der Waals surface area contributed by atoms with Gasteiger partial charge in [0, 0.05) is 31.8 Å². The van der Waals surface area contributed by atoms with E-state index >= 15 is 0 Å². The highest BCUT2D eigenvalue weighted by Crippen LogP contribution is 2.38. The standard InChI is InChI=1S/C31H38Cl2N2O6/c1-31(2,3)41-30(37)34-16-15-24(20-9-13-23(39-5)14-10-20)27(26(34)18-40-19-38-4)29(36)35(22-11-12-22)17-21-7-6-8-25(32)28(21)33/h6-10,13-14,22,26H,11-12,15-19H2,1-5H3. The highest BCUT2D eigenvalue weighted by atomic mass is 35.5. The van der Waals surface area contributed by atoms with Crippen molar-refractivity contribution in [3.63, 3.8) is 0 Å². The third-order valence-corrected chi connectivity index (χ3v) is 7.89. The summed E-state index contributed by atoms with van der Waals surface area (Å²) in [6.45, 7) is 6.18. The molecular weight excluding hydrogens is 567 g/mol. The zero-order chi connectivity index (χ0) is 29.7. The van der Waals surface area contributed by atoms with E-state index in [1.54, 1.807) is 18.1 Å². The van der Waals surface area contributed by atoms with E-state index in [-0.39, 0.29) is 25.3 Å². The van der Waals surface area contributed by atoms with E-state index in [9.17, 15) is 9.59 Å². The van der Waals surface area contributed by atoms with Crippen LogP contribution in [0.25, 0.3) is 5.57 Å². The molecule has 1 unspecified atom stereocenters. The molecule has 222 valence electrons. The summed E-state index contributed by atoms with van der Waals surface area (Å²) in [5, 5.41) is 0.862. The second-order valence-electron chi connectivity index (χ2n) is 11.2. The SMILES string of the molecule is COCOCC1C(C(=O)N(Cc2cccc(Cl)c2Cl)C2CC2)=C(c2ccc(OC)cc2)CCN1C(=O)OC(C)(C)C. The lowest BCUT2D eigenvalue weighted by Crippen LogP contribution is -2.52. The number of carbonyl (C=O) groups excluding carboxylic acids is 2. The molecule has 0 saturated heterocycles. The molecule has 0 spiro atoms. The minimum atomic E-state index is -0.706. The number of carbonyl (C=O) groups is 2. The average molecular weight is 606 g/mol. The van der Waals surface area contributed by atoms with Crippen LogP contribution in [-0.2, 0) is 25.5 Å². The van der Waals surface area contributed by atoms with Gasteiger partial charge in [-0.2, -0.15) is 0 Å². The monoisotopic (exact) mass is 604 g/mol. The van der Waals surface area contributed by atoms with Crippen LogP contribution in [0.1, 0.15) is 51.2 Å². The van der Waals surface area contributed by atoms with Crippen molar-refractivity contribution in [1.29, 1.82) is 0 Å². The maximum absolute atomic E-state index is 14.7. The number of amides is 2. The number of rotatable bonds is 10. The lowest BCUT2D eigenvalue weighted by Gasteiger charge is -2.40. The van der Waals surface area contributed by atoms with Crippen molar-refractivity contribution in [3.8, 4) is 5.75 Å². The van der Waals surface area contributed by atoms with Gasteiger partial charge in [0.1, 0.15) is 18.1 Å².